The fourth-order valence-corrected chi connectivity index (χ4v) is 2.89. The predicted molar refractivity (Wildman–Crippen MR) is 81.9 cm³/mol. The summed E-state index contributed by atoms with van der Waals surface area (Å²) < 4.78 is 6.67. The van der Waals surface area contributed by atoms with Crippen LogP contribution in [-0.2, 0) is 4.79 Å². The van der Waals surface area contributed by atoms with Crippen LogP contribution in [0.5, 0.6) is 5.75 Å². The van der Waals surface area contributed by atoms with Crippen molar-refractivity contribution in [3.05, 3.63) is 30.1 Å². The van der Waals surface area contributed by atoms with E-state index in [1.165, 1.54) is 18.1 Å². The fraction of sp³-hybridized carbons (Fsp3) is 0.400. The Labute approximate surface area is 137 Å². The Bertz CT molecular complexity index is 746. The Morgan fingerprint density at radius 1 is 1.38 bits per heavy atom. The minimum atomic E-state index is -0.808. The second-order valence-corrected chi connectivity index (χ2v) is 5.66. The highest BCUT2D eigenvalue weighted by atomic mass is 16.5. The first-order valence-corrected chi connectivity index (χ1v) is 7.53. The number of amides is 1. The van der Waals surface area contributed by atoms with Crippen molar-refractivity contribution in [2.45, 2.75) is 25.3 Å². The maximum atomic E-state index is 12.4. The van der Waals surface area contributed by atoms with Crippen molar-refractivity contribution < 1.29 is 19.4 Å². The molecule has 0 unspecified atom stereocenters. The summed E-state index contributed by atoms with van der Waals surface area (Å²) >= 11 is 0. The van der Waals surface area contributed by atoms with Crippen molar-refractivity contribution in [2.24, 2.45) is 5.92 Å². The molecular weight excluding hydrogens is 314 g/mol. The van der Waals surface area contributed by atoms with Gasteiger partial charge in [-0.2, -0.15) is 4.68 Å². The lowest BCUT2D eigenvalue weighted by molar-refractivity contribution is -0.141. The molecule has 1 fully saturated rings. The van der Waals surface area contributed by atoms with Crippen LogP contribution in [0, 0.1) is 5.92 Å². The first-order valence-electron chi connectivity index (χ1n) is 7.53. The lowest BCUT2D eigenvalue weighted by Gasteiger charge is -2.14. The number of carboxylic acids is 1. The Morgan fingerprint density at radius 2 is 2.21 bits per heavy atom. The van der Waals surface area contributed by atoms with Crippen molar-refractivity contribution in [1.82, 2.24) is 25.5 Å². The maximum absolute atomic E-state index is 12.4. The van der Waals surface area contributed by atoms with Crippen molar-refractivity contribution >= 4 is 11.9 Å². The third-order valence-corrected chi connectivity index (χ3v) is 4.15. The smallest absolute Gasteiger partial charge is 0.306 e. The molecule has 0 aliphatic heterocycles. The summed E-state index contributed by atoms with van der Waals surface area (Å²) in [6.07, 6.45) is 3.11. The van der Waals surface area contributed by atoms with Crippen molar-refractivity contribution in [2.75, 3.05) is 7.11 Å². The van der Waals surface area contributed by atoms with E-state index in [-0.39, 0.29) is 17.9 Å². The van der Waals surface area contributed by atoms with Gasteiger partial charge in [0.2, 0.25) is 0 Å². The monoisotopic (exact) mass is 331 g/mol. The van der Waals surface area contributed by atoms with Crippen LogP contribution < -0.4 is 10.1 Å². The molecule has 2 N–H and O–H groups in total. The zero-order chi connectivity index (χ0) is 17.1. The van der Waals surface area contributed by atoms with Crippen molar-refractivity contribution in [3.8, 4) is 11.4 Å². The second kappa shape index (κ2) is 6.65. The van der Waals surface area contributed by atoms with Crippen molar-refractivity contribution in [3.63, 3.8) is 0 Å². The number of nitrogens with zero attached hydrogens (tertiary/aromatic N) is 4. The quantitative estimate of drug-likeness (QED) is 0.825. The molecular formula is C15H17N5O4. The van der Waals surface area contributed by atoms with Crippen LogP contribution in [0.2, 0.25) is 0 Å². The molecule has 1 aliphatic carbocycles. The zero-order valence-electron chi connectivity index (χ0n) is 13.0. The first kappa shape index (κ1) is 15.9. The number of carboxylic acid groups (broad SMARTS) is 1. The molecule has 1 heterocycles. The summed E-state index contributed by atoms with van der Waals surface area (Å²) in [6, 6.07) is 4.82. The van der Waals surface area contributed by atoms with Crippen LogP contribution in [0.3, 0.4) is 0 Å². The van der Waals surface area contributed by atoms with Gasteiger partial charge in [0.25, 0.3) is 5.91 Å². The number of hydrogen-bond acceptors (Lipinski definition) is 6. The maximum Gasteiger partial charge on any atom is 0.306 e. The summed E-state index contributed by atoms with van der Waals surface area (Å²) in [4.78, 5) is 23.4. The van der Waals surface area contributed by atoms with E-state index in [0.29, 0.717) is 36.3 Å². The second-order valence-electron chi connectivity index (χ2n) is 5.66. The van der Waals surface area contributed by atoms with E-state index in [1.54, 1.807) is 18.2 Å². The average Bonchev–Trinajstić information content (AvgIpc) is 3.25. The number of carbonyl (C=O) groups excluding carboxylic acids is 1. The molecule has 0 spiro atoms. The number of ether oxygens (including phenoxy) is 1. The minimum absolute atomic E-state index is 0.128. The van der Waals surface area contributed by atoms with E-state index in [9.17, 15) is 9.59 Å². The normalized spacial score (nSPS) is 19.9. The van der Waals surface area contributed by atoms with Crippen LogP contribution in [0.25, 0.3) is 5.69 Å². The Balaban J connectivity index is 1.76. The van der Waals surface area contributed by atoms with E-state index in [1.807, 2.05) is 0 Å². The summed E-state index contributed by atoms with van der Waals surface area (Å²) in [5.41, 5.74) is 0.977. The summed E-state index contributed by atoms with van der Waals surface area (Å²) in [5.74, 6) is -0.922. The van der Waals surface area contributed by atoms with Gasteiger partial charge in [-0.25, -0.2) is 0 Å². The van der Waals surface area contributed by atoms with Crippen molar-refractivity contribution in [1.29, 1.82) is 0 Å². The SMILES string of the molecule is COc1ccc(C(=O)N[C@H]2CC[C@@H](C(=O)O)C2)cc1-n1cnnn1. The fourth-order valence-electron chi connectivity index (χ4n) is 2.89. The lowest BCUT2D eigenvalue weighted by atomic mass is 10.1. The molecule has 1 amide bonds. The predicted octanol–water partition coefficient (Wildman–Crippen LogP) is 0.654. The summed E-state index contributed by atoms with van der Waals surface area (Å²) in [6.45, 7) is 0. The molecule has 1 aromatic heterocycles. The van der Waals surface area contributed by atoms with Gasteiger partial charge in [0, 0.05) is 11.6 Å². The van der Waals surface area contributed by atoms with Gasteiger partial charge in [-0.3, -0.25) is 9.59 Å². The minimum Gasteiger partial charge on any atom is -0.494 e. The third kappa shape index (κ3) is 3.19. The molecule has 3 rings (SSSR count). The summed E-state index contributed by atoms with van der Waals surface area (Å²) in [7, 11) is 1.52. The van der Waals surface area contributed by atoms with E-state index in [0.717, 1.165) is 0 Å². The van der Waals surface area contributed by atoms with Gasteiger partial charge in [-0.1, -0.05) is 0 Å². The number of hydrogen-bond donors (Lipinski definition) is 2. The van der Waals surface area contributed by atoms with Gasteiger partial charge >= 0.3 is 5.97 Å². The van der Waals surface area contributed by atoms with Gasteiger partial charge in [0.1, 0.15) is 17.8 Å². The summed E-state index contributed by atoms with van der Waals surface area (Å²) in [5, 5.41) is 22.9. The number of aromatic nitrogens is 4. The molecule has 1 saturated carbocycles. The largest absolute Gasteiger partial charge is 0.494 e. The standard InChI is InChI=1S/C15H17N5O4/c1-24-13-5-3-9(7-12(13)20-8-16-18-19-20)14(21)17-11-4-2-10(6-11)15(22)23/h3,5,7-8,10-11H,2,4,6H2,1H3,(H,17,21)(H,22,23)/t10-,11+/m1/s1. The van der Waals surface area contributed by atoms with Gasteiger partial charge in [0.15, 0.2) is 0 Å². The highest BCUT2D eigenvalue weighted by molar-refractivity contribution is 5.95. The van der Waals surface area contributed by atoms with Gasteiger partial charge in [0.05, 0.1) is 13.0 Å². The number of tetrazole rings is 1. The third-order valence-electron chi connectivity index (χ3n) is 4.15. The van der Waals surface area contributed by atoms with Crippen LogP contribution in [-0.4, -0.2) is 50.3 Å². The van der Waals surface area contributed by atoms with Gasteiger partial charge in [-0.05, 0) is 47.9 Å². The topological polar surface area (TPSA) is 119 Å². The van der Waals surface area contributed by atoms with E-state index < -0.39 is 5.97 Å². The number of carbonyl (C=O) groups is 2. The van der Waals surface area contributed by atoms with Crippen LogP contribution in [0.1, 0.15) is 29.6 Å². The molecule has 9 heteroatoms. The molecule has 1 aliphatic rings. The van der Waals surface area contributed by atoms with E-state index in [2.05, 4.69) is 20.8 Å². The highest BCUT2D eigenvalue weighted by Crippen LogP contribution is 2.27. The van der Waals surface area contributed by atoms with E-state index >= 15 is 0 Å². The molecule has 2 atom stereocenters. The Morgan fingerprint density at radius 3 is 2.83 bits per heavy atom. The molecule has 24 heavy (non-hydrogen) atoms. The molecule has 0 saturated heterocycles. The first-order chi connectivity index (χ1) is 11.6. The molecule has 0 radical (unpaired) electrons. The molecule has 126 valence electrons. The number of benzene rings is 1. The Hall–Kier alpha value is -2.97. The average molecular weight is 331 g/mol. The Kier molecular flexibility index (Phi) is 4.41. The molecule has 2 aromatic rings. The van der Waals surface area contributed by atoms with Crippen LogP contribution in [0.15, 0.2) is 24.5 Å². The molecule has 0 bridgehead atoms. The number of nitrogens with one attached hydrogen (secondary N) is 1. The number of methoxy groups -OCH3 is 1. The zero-order valence-corrected chi connectivity index (χ0v) is 13.0. The molecule has 1 aromatic carbocycles. The van der Waals surface area contributed by atoms with Gasteiger partial charge in [-0.15, -0.1) is 5.10 Å². The lowest BCUT2D eigenvalue weighted by Crippen LogP contribution is -2.33. The highest BCUT2D eigenvalue weighted by Gasteiger charge is 2.30. The molecule has 9 nitrogen and oxygen atoms in total. The van der Waals surface area contributed by atoms with Gasteiger partial charge < -0.3 is 15.2 Å². The van der Waals surface area contributed by atoms with Crippen LogP contribution in [0.4, 0.5) is 0 Å². The van der Waals surface area contributed by atoms with Crippen LogP contribution >= 0.6 is 0 Å². The number of aliphatic carboxylic acids is 1. The van der Waals surface area contributed by atoms with E-state index in [4.69, 9.17) is 9.84 Å². The number of rotatable bonds is 5.